The summed E-state index contributed by atoms with van der Waals surface area (Å²) in [5.74, 6) is -1.01. The Hall–Kier alpha value is -4.59. The van der Waals surface area contributed by atoms with E-state index in [9.17, 15) is 18.0 Å². The molecule has 0 radical (unpaired) electrons. The van der Waals surface area contributed by atoms with E-state index in [-0.39, 0.29) is 29.4 Å². The number of nitrogens with one attached hydrogen (secondary N) is 2. The van der Waals surface area contributed by atoms with Crippen LogP contribution >= 0.6 is 0 Å². The summed E-state index contributed by atoms with van der Waals surface area (Å²) in [6, 6.07) is 8.53. The molecule has 2 N–H and O–H groups in total. The van der Waals surface area contributed by atoms with E-state index in [0.717, 1.165) is 6.07 Å². The first-order valence-corrected chi connectivity index (χ1v) is 11.8. The van der Waals surface area contributed by atoms with Gasteiger partial charge >= 0.3 is 6.18 Å². The minimum Gasteiger partial charge on any atom is -0.493 e. The third kappa shape index (κ3) is 6.69. The van der Waals surface area contributed by atoms with Gasteiger partial charge in [0.15, 0.2) is 41.1 Å². The second-order valence-electron chi connectivity index (χ2n) is 8.35. The lowest BCUT2D eigenvalue weighted by atomic mass is 10.2. The Kier molecular flexibility index (Phi) is 8.58. The Morgan fingerprint density at radius 3 is 2.42 bits per heavy atom. The standard InChI is InChI=1S/C26H25F4N5O5/c1-31-8-9-35-13-23(39-14-26(28,29)30)24(34-35)25(36)33-15-4-5-20(17(27)10-15)40-19-6-7-32-18-12-22(38-3)21(37-2)11-16(18)19/h4-7,10-13,31H,8-9,14H2,1-3H3,(H,33,36). The largest absolute Gasteiger partial charge is 0.493 e. The highest BCUT2D eigenvalue weighted by molar-refractivity contribution is 6.04. The van der Waals surface area contributed by atoms with Gasteiger partial charge in [-0.1, -0.05) is 0 Å². The molecular weight excluding hydrogens is 538 g/mol. The van der Waals surface area contributed by atoms with Crippen molar-refractivity contribution in [3.63, 3.8) is 0 Å². The van der Waals surface area contributed by atoms with Crippen LogP contribution in [-0.2, 0) is 6.54 Å². The molecule has 0 aliphatic carbocycles. The summed E-state index contributed by atoms with van der Waals surface area (Å²) >= 11 is 0. The fourth-order valence-electron chi connectivity index (χ4n) is 3.67. The summed E-state index contributed by atoms with van der Waals surface area (Å²) in [6.45, 7) is -0.885. The molecular formula is C26H25F4N5O5. The van der Waals surface area contributed by atoms with Crippen LogP contribution in [0.5, 0.6) is 28.7 Å². The van der Waals surface area contributed by atoms with Crippen molar-refractivity contribution in [3.8, 4) is 28.7 Å². The number of carbonyl (C=O) groups excluding carboxylic acids is 1. The summed E-state index contributed by atoms with van der Waals surface area (Å²) in [5, 5.41) is 9.86. The molecule has 0 fully saturated rings. The zero-order chi connectivity index (χ0) is 28.9. The summed E-state index contributed by atoms with van der Waals surface area (Å²) in [4.78, 5) is 17.1. The topological polar surface area (TPSA) is 109 Å². The van der Waals surface area contributed by atoms with Gasteiger partial charge in [0.2, 0.25) is 0 Å². The zero-order valence-corrected chi connectivity index (χ0v) is 21.6. The summed E-state index contributed by atoms with van der Waals surface area (Å²) in [5.41, 5.74) is 0.165. The first-order valence-electron chi connectivity index (χ1n) is 11.8. The SMILES string of the molecule is CNCCn1cc(OCC(F)(F)F)c(C(=O)Nc2ccc(Oc3ccnc4cc(OC)c(OC)cc34)c(F)c2)n1. The number of fused-ring (bicyclic) bond motifs is 1. The molecule has 40 heavy (non-hydrogen) atoms. The number of aromatic nitrogens is 3. The molecule has 1 amide bonds. The van der Waals surface area contributed by atoms with Crippen LogP contribution in [0.2, 0.25) is 0 Å². The number of hydrogen-bond donors (Lipinski definition) is 2. The molecule has 0 bridgehead atoms. The minimum absolute atomic E-state index is 0.0207. The monoisotopic (exact) mass is 563 g/mol. The number of benzene rings is 2. The van der Waals surface area contributed by atoms with Crippen LogP contribution < -0.4 is 29.6 Å². The lowest BCUT2D eigenvalue weighted by Crippen LogP contribution is -2.21. The van der Waals surface area contributed by atoms with Gasteiger partial charge in [0.05, 0.1) is 32.5 Å². The molecule has 0 aliphatic heterocycles. The van der Waals surface area contributed by atoms with Crippen molar-refractivity contribution < 1.29 is 41.3 Å². The number of rotatable bonds is 11. The number of alkyl halides is 3. The van der Waals surface area contributed by atoms with E-state index in [0.29, 0.717) is 34.7 Å². The van der Waals surface area contributed by atoms with Crippen LogP contribution in [0.3, 0.4) is 0 Å². The molecule has 0 saturated heterocycles. The smallest absolute Gasteiger partial charge is 0.422 e. The van der Waals surface area contributed by atoms with Crippen molar-refractivity contribution in [1.29, 1.82) is 0 Å². The number of hydrogen-bond acceptors (Lipinski definition) is 8. The maximum Gasteiger partial charge on any atom is 0.422 e. The third-order valence-electron chi connectivity index (χ3n) is 5.54. The molecule has 212 valence electrons. The first kappa shape index (κ1) is 28.4. The summed E-state index contributed by atoms with van der Waals surface area (Å²) in [7, 11) is 4.66. The van der Waals surface area contributed by atoms with Gasteiger partial charge in [-0.25, -0.2) is 4.39 Å². The van der Waals surface area contributed by atoms with Crippen molar-refractivity contribution >= 4 is 22.5 Å². The van der Waals surface area contributed by atoms with Crippen LogP contribution in [0.25, 0.3) is 10.9 Å². The molecule has 2 aromatic carbocycles. The molecule has 0 atom stereocenters. The molecule has 0 saturated carbocycles. The van der Waals surface area contributed by atoms with E-state index in [1.165, 1.54) is 43.4 Å². The van der Waals surface area contributed by atoms with Crippen molar-refractivity contribution in [1.82, 2.24) is 20.1 Å². The molecule has 0 unspecified atom stereocenters. The second kappa shape index (κ2) is 12.1. The number of nitrogens with zero attached hydrogens (tertiary/aromatic N) is 3. The summed E-state index contributed by atoms with van der Waals surface area (Å²) in [6.07, 6.45) is -1.93. The second-order valence-corrected chi connectivity index (χ2v) is 8.35. The van der Waals surface area contributed by atoms with Crippen molar-refractivity contribution in [3.05, 3.63) is 60.3 Å². The van der Waals surface area contributed by atoms with Gasteiger partial charge in [-0.2, -0.15) is 18.3 Å². The number of halogens is 4. The number of amides is 1. The molecule has 4 aromatic rings. The normalized spacial score (nSPS) is 11.4. The predicted molar refractivity (Wildman–Crippen MR) is 137 cm³/mol. The molecule has 4 rings (SSSR count). The third-order valence-corrected chi connectivity index (χ3v) is 5.54. The first-order chi connectivity index (χ1) is 19.1. The molecule has 2 heterocycles. The van der Waals surface area contributed by atoms with E-state index >= 15 is 4.39 Å². The van der Waals surface area contributed by atoms with E-state index in [2.05, 4.69) is 20.7 Å². The van der Waals surface area contributed by atoms with E-state index in [1.807, 2.05) is 0 Å². The highest BCUT2D eigenvalue weighted by Crippen LogP contribution is 2.37. The Balaban J connectivity index is 1.54. The number of ether oxygens (including phenoxy) is 4. The highest BCUT2D eigenvalue weighted by Gasteiger charge is 2.30. The van der Waals surface area contributed by atoms with Crippen LogP contribution in [0.4, 0.5) is 23.2 Å². The Bertz CT molecular complexity index is 1510. The van der Waals surface area contributed by atoms with E-state index in [1.54, 1.807) is 25.2 Å². The molecule has 2 aromatic heterocycles. The number of methoxy groups -OCH3 is 2. The molecule has 14 heteroatoms. The number of pyridine rings is 1. The van der Waals surface area contributed by atoms with Crippen LogP contribution in [-0.4, -0.2) is 61.3 Å². The van der Waals surface area contributed by atoms with Crippen LogP contribution in [0.15, 0.2) is 48.8 Å². The predicted octanol–water partition coefficient (Wildman–Crippen LogP) is 4.79. The molecule has 10 nitrogen and oxygen atoms in total. The lowest BCUT2D eigenvalue weighted by molar-refractivity contribution is -0.153. The number of likely N-dealkylation sites (N-methyl/N-ethyl adjacent to an activating group) is 1. The van der Waals surface area contributed by atoms with Gasteiger partial charge in [-0.3, -0.25) is 14.5 Å². The summed E-state index contributed by atoms with van der Waals surface area (Å²) < 4.78 is 75.6. The zero-order valence-electron chi connectivity index (χ0n) is 21.6. The molecule has 0 spiro atoms. The lowest BCUT2D eigenvalue weighted by Gasteiger charge is -2.13. The van der Waals surface area contributed by atoms with Gasteiger partial charge in [-0.05, 0) is 31.3 Å². The van der Waals surface area contributed by atoms with Gasteiger partial charge < -0.3 is 29.6 Å². The fourth-order valence-corrected chi connectivity index (χ4v) is 3.67. The maximum atomic E-state index is 15.0. The van der Waals surface area contributed by atoms with E-state index in [4.69, 9.17) is 18.9 Å². The average Bonchev–Trinajstić information content (AvgIpc) is 3.34. The average molecular weight is 564 g/mol. The Morgan fingerprint density at radius 1 is 1.00 bits per heavy atom. The molecule has 0 aliphatic rings. The Labute approximate surface area is 225 Å². The van der Waals surface area contributed by atoms with Gasteiger partial charge in [0.1, 0.15) is 5.75 Å². The Morgan fingerprint density at radius 2 is 1.75 bits per heavy atom. The van der Waals surface area contributed by atoms with Crippen LogP contribution in [0.1, 0.15) is 10.5 Å². The van der Waals surface area contributed by atoms with Gasteiger partial charge in [0.25, 0.3) is 5.91 Å². The van der Waals surface area contributed by atoms with Gasteiger partial charge in [-0.15, -0.1) is 0 Å². The maximum absolute atomic E-state index is 15.0. The number of anilines is 1. The van der Waals surface area contributed by atoms with Gasteiger partial charge in [0, 0.05) is 35.9 Å². The van der Waals surface area contributed by atoms with Crippen molar-refractivity contribution in [2.24, 2.45) is 0 Å². The van der Waals surface area contributed by atoms with Crippen molar-refractivity contribution in [2.75, 3.05) is 39.7 Å². The quantitative estimate of drug-likeness (QED) is 0.251. The van der Waals surface area contributed by atoms with Crippen molar-refractivity contribution in [2.45, 2.75) is 12.7 Å². The fraction of sp³-hybridized carbons (Fsp3) is 0.269. The minimum atomic E-state index is -4.61. The number of carbonyl (C=O) groups is 1. The highest BCUT2D eigenvalue weighted by atomic mass is 19.4. The van der Waals surface area contributed by atoms with Crippen LogP contribution in [0, 0.1) is 5.82 Å². The van der Waals surface area contributed by atoms with E-state index < -0.39 is 24.5 Å².